The molecule has 1 aromatic rings. The van der Waals surface area contributed by atoms with Gasteiger partial charge in [0.2, 0.25) is 0 Å². The molecule has 1 aromatic heterocycles. The summed E-state index contributed by atoms with van der Waals surface area (Å²) in [4.78, 5) is 16.8. The van der Waals surface area contributed by atoms with Crippen LogP contribution in [-0.2, 0) is 11.3 Å². The van der Waals surface area contributed by atoms with Crippen LogP contribution < -0.4 is 0 Å². The Morgan fingerprint density at radius 2 is 2.24 bits per heavy atom. The van der Waals surface area contributed by atoms with E-state index in [1.54, 1.807) is 23.2 Å². The van der Waals surface area contributed by atoms with Gasteiger partial charge in [0.15, 0.2) is 0 Å². The van der Waals surface area contributed by atoms with E-state index < -0.39 is 12.0 Å². The Morgan fingerprint density at radius 3 is 2.86 bits per heavy atom. The maximum atomic E-state index is 12.4. The number of carbonyl (C=O) groups excluding carboxylic acids is 1. The molecule has 0 unspecified atom stereocenters. The van der Waals surface area contributed by atoms with Crippen molar-refractivity contribution in [2.75, 3.05) is 18.1 Å². The molecular formula is C13H12ClF3N2OS. The van der Waals surface area contributed by atoms with Crippen LogP contribution in [0.15, 0.2) is 30.1 Å². The lowest BCUT2D eigenvalue weighted by Gasteiger charge is -2.31. The van der Waals surface area contributed by atoms with Gasteiger partial charge in [0.05, 0.1) is 0 Å². The number of nitrogens with zero attached hydrogens (tertiary/aromatic N) is 2. The lowest BCUT2D eigenvalue weighted by atomic mass is 10.2. The number of aromatic nitrogens is 1. The first kappa shape index (κ1) is 16.2. The molecule has 0 atom stereocenters. The highest BCUT2D eigenvalue weighted by molar-refractivity contribution is 7.99. The minimum atomic E-state index is -4.83. The highest BCUT2D eigenvalue weighted by atomic mass is 35.5. The van der Waals surface area contributed by atoms with Crippen molar-refractivity contribution in [3.05, 3.63) is 40.8 Å². The summed E-state index contributed by atoms with van der Waals surface area (Å²) < 4.78 is 37.1. The lowest BCUT2D eigenvalue weighted by Crippen LogP contribution is -2.32. The lowest BCUT2D eigenvalue weighted by molar-refractivity contribution is -0.165. The van der Waals surface area contributed by atoms with Crippen LogP contribution in [0.25, 0.3) is 0 Å². The Morgan fingerprint density at radius 1 is 1.48 bits per heavy atom. The average molecular weight is 337 g/mol. The van der Waals surface area contributed by atoms with Crippen molar-refractivity contribution in [2.24, 2.45) is 0 Å². The number of ketones is 1. The Bertz CT molecular complexity index is 545. The van der Waals surface area contributed by atoms with Gasteiger partial charge in [-0.3, -0.25) is 4.79 Å². The molecule has 0 amide bonds. The van der Waals surface area contributed by atoms with Gasteiger partial charge in [0.1, 0.15) is 5.15 Å². The zero-order valence-electron chi connectivity index (χ0n) is 10.9. The van der Waals surface area contributed by atoms with Crippen molar-refractivity contribution < 1.29 is 18.0 Å². The van der Waals surface area contributed by atoms with Gasteiger partial charge in [-0.25, -0.2) is 4.98 Å². The molecule has 0 saturated carbocycles. The molecule has 0 bridgehead atoms. The summed E-state index contributed by atoms with van der Waals surface area (Å²) in [5.74, 6) is -0.624. The molecule has 2 heterocycles. The summed E-state index contributed by atoms with van der Waals surface area (Å²) >= 11 is 7.20. The van der Waals surface area contributed by atoms with E-state index in [0.29, 0.717) is 35.8 Å². The van der Waals surface area contributed by atoms with Crippen LogP contribution >= 0.6 is 23.4 Å². The molecule has 0 aromatic carbocycles. The smallest absolute Gasteiger partial charge is 0.369 e. The molecule has 1 aliphatic heterocycles. The van der Waals surface area contributed by atoms with Crippen LogP contribution in [0.4, 0.5) is 13.2 Å². The Labute approximate surface area is 129 Å². The average Bonchev–Trinajstić information content (AvgIpc) is 2.42. The number of hydrogen-bond acceptors (Lipinski definition) is 4. The van der Waals surface area contributed by atoms with Crippen molar-refractivity contribution in [1.29, 1.82) is 0 Å². The standard InChI is InChI=1S/C13H12ClF3N2OS/c14-12-2-1-9(6-18-12)7-19-3-4-21-8-10(19)5-11(20)13(15,16)17/h1-2,5-6H,3-4,7-8H2. The molecule has 0 radical (unpaired) electrons. The largest absolute Gasteiger partial charge is 0.454 e. The van der Waals surface area contributed by atoms with Gasteiger partial charge >= 0.3 is 6.18 Å². The maximum Gasteiger partial charge on any atom is 0.454 e. The third-order valence-corrected chi connectivity index (χ3v) is 4.10. The summed E-state index contributed by atoms with van der Waals surface area (Å²) in [5, 5.41) is 0.357. The quantitative estimate of drug-likeness (QED) is 0.626. The number of allylic oxidation sites excluding steroid dienone is 1. The topological polar surface area (TPSA) is 33.2 Å². The minimum absolute atomic E-state index is 0.357. The fourth-order valence-electron chi connectivity index (χ4n) is 1.85. The normalized spacial score (nSPS) is 18.1. The number of alkyl halides is 3. The van der Waals surface area contributed by atoms with Gasteiger partial charge in [0, 0.05) is 42.6 Å². The molecule has 1 aliphatic rings. The van der Waals surface area contributed by atoms with E-state index in [2.05, 4.69) is 4.98 Å². The second kappa shape index (κ2) is 6.70. The molecule has 8 heteroatoms. The van der Waals surface area contributed by atoms with Gasteiger partial charge in [0.25, 0.3) is 5.78 Å². The number of halogens is 4. The van der Waals surface area contributed by atoms with Crippen LogP contribution in [0.1, 0.15) is 5.56 Å². The molecule has 21 heavy (non-hydrogen) atoms. The summed E-state index contributed by atoms with van der Waals surface area (Å²) in [6.45, 7) is 0.992. The number of carbonyl (C=O) groups is 1. The predicted molar refractivity (Wildman–Crippen MR) is 76.1 cm³/mol. The molecule has 0 aliphatic carbocycles. The van der Waals surface area contributed by atoms with Crippen molar-refractivity contribution in [3.63, 3.8) is 0 Å². The van der Waals surface area contributed by atoms with Gasteiger partial charge in [-0.05, 0) is 11.6 Å². The summed E-state index contributed by atoms with van der Waals surface area (Å²) in [6.07, 6.45) is -2.56. The van der Waals surface area contributed by atoms with E-state index in [1.165, 1.54) is 11.8 Å². The zero-order valence-corrected chi connectivity index (χ0v) is 12.4. The highest BCUT2D eigenvalue weighted by Gasteiger charge is 2.37. The van der Waals surface area contributed by atoms with E-state index in [1.807, 2.05) is 0 Å². The van der Waals surface area contributed by atoms with E-state index in [9.17, 15) is 18.0 Å². The first-order chi connectivity index (χ1) is 9.86. The van der Waals surface area contributed by atoms with Crippen LogP contribution in [0.5, 0.6) is 0 Å². The first-order valence-corrected chi connectivity index (χ1v) is 7.64. The number of hydrogen-bond donors (Lipinski definition) is 0. The molecule has 0 spiro atoms. The highest BCUT2D eigenvalue weighted by Crippen LogP contribution is 2.24. The summed E-state index contributed by atoms with van der Waals surface area (Å²) in [5.41, 5.74) is 1.22. The Balaban J connectivity index is 2.14. The molecule has 1 saturated heterocycles. The third kappa shape index (κ3) is 4.64. The molecule has 1 fully saturated rings. The molecule has 2 rings (SSSR count). The third-order valence-electron chi connectivity index (χ3n) is 2.90. The van der Waals surface area contributed by atoms with Gasteiger partial charge in [-0.2, -0.15) is 24.9 Å². The zero-order chi connectivity index (χ0) is 15.5. The van der Waals surface area contributed by atoms with Gasteiger partial charge in [-0.1, -0.05) is 17.7 Å². The fourth-order valence-corrected chi connectivity index (χ4v) is 2.93. The number of pyridine rings is 1. The van der Waals surface area contributed by atoms with Crippen molar-refractivity contribution in [2.45, 2.75) is 12.7 Å². The molecule has 114 valence electrons. The number of thioether (sulfide) groups is 1. The van der Waals surface area contributed by atoms with Crippen LogP contribution in [-0.4, -0.2) is 39.9 Å². The monoisotopic (exact) mass is 336 g/mol. The van der Waals surface area contributed by atoms with E-state index >= 15 is 0 Å². The van der Waals surface area contributed by atoms with E-state index in [4.69, 9.17) is 11.6 Å². The Hall–Kier alpha value is -1.21. The second-order valence-corrected chi connectivity index (χ2v) is 5.95. The van der Waals surface area contributed by atoms with Crippen LogP contribution in [0.2, 0.25) is 5.15 Å². The molecule has 3 nitrogen and oxygen atoms in total. The fraction of sp³-hybridized carbons (Fsp3) is 0.385. The van der Waals surface area contributed by atoms with Crippen molar-refractivity contribution in [1.82, 2.24) is 9.88 Å². The van der Waals surface area contributed by atoms with Gasteiger partial charge < -0.3 is 4.90 Å². The van der Waals surface area contributed by atoms with E-state index in [0.717, 1.165) is 11.3 Å². The summed E-state index contributed by atoms with van der Waals surface area (Å²) in [7, 11) is 0. The van der Waals surface area contributed by atoms with Gasteiger partial charge in [-0.15, -0.1) is 0 Å². The van der Waals surface area contributed by atoms with Crippen LogP contribution in [0, 0.1) is 0 Å². The SMILES string of the molecule is O=C(C=C1CSCCN1Cc1ccc(Cl)nc1)C(F)(F)F. The number of rotatable bonds is 3. The minimum Gasteiger partial charge on any atom is -0.369 e. The maximum absolute atomic E-state index is 12.4. The summed E-state index contributed by atoms with van der Waals surface area (Å²) in [6, 6.07) is 3.39. The first-order valence-electron chi connectivity index (χ1n) is 6.11. The second-order valence-electron chi connectivity index (χ2n) is 4.46. The van der Waals surface area contributed by atoms with Crippen molar-refractivity contribution in [3.8, 4) is 0 Å². The van der Waals surface area contributed by atoms with Crippen molar-refractivity contribution >= 4 is 29.1 Å². The Kier molecular flexibility index (Phi) is 5.16. The predicted octanol–water partition coefficient (Wildman–Crippen LogP) is 3.30. The molecule has 0 N–H and O–H groups in total. The van der Waals surface area contributed by atoms with Crippen LogP contribution in [0.3, 0.4) is 0 Å². The van der Waals surface area contributed by atoms with E-state index in [-0.39, 0.29) is 0 Å². The molecular weight excluding hydrogens is 325 g/mol.